The molecule has 1 nitrogen and oxygen atoms in total. The Balaban J connectivity index is 2.10. The van der Waals surface area contributed by atoms with Gasteiger partial charge in [-0.2, -0.15) is 0 Å². The van der Waals surface area contributed by atoms with Crippen LogP contribution >= 0.6 is 11.8 Å². The summed E-state index contributed by atoms with van der Waals surface area (Å²) in [7, 11) is 0. The van der Waals surface area contributed by atoms with E-state index >= 15 is 0 Å². The Bertz CT molecular complexity index is 542. The quantitative estimate of drug-likeness (QED) is 0.695. The monoisotopic (exact) mass is 270 g/mol. The first kappa shape index (κ1) is 13.8. The number of benzene rings is 2. The molecule has 0 aliphatic carbocycles. The lowest BCUT2D eigenvalue weighted by atomic mass is 10.2. The smallest absolute Gasteiger partial charge is 0.131 e. The SMILES string of the molecule is CC(C)=CSCc1ccccc1Oc1ccccc1. The normalized spacial score (nSPS) is 10.0. The molecule has 0 fully saturated rings. The predicted octanol–water partition coefficient (Wildman–Crippen LogP) is 5.64. The lowest BCUT2D eigenvalue weighted by molar-refractivity contribution is 0.478. The fraction of sp³-hybridized carbons (Fsp3) is 0.176. The van der Waals surface area contributed by atoms with Crippen LogP contribution in [-0.4, -0.2) is 0 Å². The molecule has 0 atom stereocenters. The lowest BCUT2D eigenvalue weighted by Crippen LogP contribution is -1.89. The van der Waals surface area contributed by atoms with Crippen LogP contribution in [0.15, 0.2) is 65.6 Å². The standard InChI is InChI=1S/C17H18OS/c1-14(2)12-19-13-15-8-6-7-11-17(15)18-16-9-4-3-5-10-16/h3-12H,13H2,1-2H3. The van der Waals surface area contributed by atoms with Crippen LogP contribution in [0.1, 0.15) is 19.4 Å². The number of hydrogen-bond donors (Lipinski definition) is 0. The highest BCUT2D eigenvalue weighted by Crippen LogP contribution is 2.28. The molecule has 0 saturated heterocycles. The molecule has 98 valence electrons. The topological polar surface area (TPSA) is 9.23 Å². The van der Waals surface area contributed by atoms with Crippen molar-refractivity contribution in [3.05, 3.63) is 71.1 Å². The molecular weight excluding hydrogens is 252 g/mol. The maximum atomic E-state index is 5.93. The zero-order chi connectivity index (χ0) is 13.5. The Labute approximate surface area is 119 Å². The number of para-hydroxylation sites is 2. The summed E-state index contributed by atoms with van der Waals surface area (Å²) >= 11 is 1.80. The minimum absolute atomic E-state index is 0.877. The highest BCUT2D eigenvalue weighted by Gasteiger charge is 2.03. The van der Waals surface area contributed by atoms with Crippen LogP contribution in [0, 0.1) is 0 Å². The Morgan fingerprint density at radius 2 is 1.68 bits per heavy atom. The summed E-state index contributed by atoms with van der Waals surface area (Å²) in [5, 5.41) is 2.18. The van der Waals surface area contributed by atoms with E-state index in [0.717, 1.165) is 17.3 Å². The van der Waals surface area contributed by atoms with Gasteiger partial charge in [-0.15, -0.1) is 11.8 Å². The molecule has 0 bridgehead atoms. The molecule has 2 aromatic rings. The molecule has 0 aliphatic rings. The van der Waals surface area contributed by atoms with Gasteiger partial charge >= 0.3 is 0 Å². The van der Waals surface area contributed by atoms with Gasteiger partial charge in [-0.1, -0.05) is 42.0 Å². The molecule has 0 heterocycles. The summed E-state index contributed by atoms with van der Waals surface area (Å²) in [4.78, 5) is 0. The van der Waals surface area contributed by atoms with Gasteiger partial charge in [0.05, 0.1) is 0 Å². The minimum atomic E-state index is 0.877. The van der Waals surface area contributed by atoms with E-state index in [1.165, 1.54) is 11.1 Å². The molecular formula is C17H18OS. The maximum absolute atomic E-state index is 5.93. The molecule has 19 heavy (non-hydrogen) atoms. The van der Waals surface area contributed by atoms with Gasteiger partial charge in [0.1, 0.15) is 11.5 Å². The maximum Gasteiger partial charge on any atom is 0.131 e. The molecule has 0 spiro atoms. The van der Waals surface area contributed by atoms with Crippen LogP contribution in [0.3, 0.4) is 0 Å². The molecule has 0 saturated carbocycles. The van der Waals surface area contributed by atoms with Crippen molar-refractivity contribution in [2.24, 2.45) is 0 Å². The molecule has 0 unspecified atom stereocenters. The second kappa shape index (κ2) is 7.05. The summed E-state index contributed by atoms with van der Waals surface area (Å²) in [6, 6.07) is 18.1. The third-order valence-corrected chi connectivity index (χ3v) is 3.62. The molecule has 0 aliphatic heterocycles. The van der Waals surface area contributed by atoms with E-state index in [0.29, 0.717) is 0 Å². The van der Waals surface area contributed by atoms with Crippen LogP contribution < -0.4 is 4.74 Å². The number of rotatable bonds is 5. The molecule has 0 amide bonds. The Morgan fingerprint density at radius 1 is 1.00 bits per heavy atom. The van der Waals surface area contributed by atoms with Gasteiger partial charge in [0.2, 0.25) is 0 Å². The summed E-state index contributed by atoms with van der Waals surface area (Å²) in [5.41, 5.74) is 2.54. The summed E-state index contributed by atoms with van der Waals surface area (Å²) in [6.07, 6.45) is 0. The van der Waals surface area contributed by atoms with Crippen molar-refractivity contribution in [3.8, 4) is 11.5 Å². The van der Waals surface area contributed by atoms with Crippen molar-refractivity contribution in [1.82, 2.24) is 0 Å². The summed E-state index contributed by atoms with van der Waals surface area (Å²) in [5.74, 6) is 2.74. The van der Waals surface area contributed by atoms with Crippen LogP contribution in [0.5, 0.6) is 11.5 Å². The number of allylic oxidation sites excluding steroid dienone is 1. The third kappa shape index (κ3) is 4.49. The van der Waals surface area contributed by atoms with Crippen molar-refractivity contribution in [1.29, 1.82) is 0 Å². The van der Waals surface area contributed by atoms with Gasteiger partial charge in [0, 0.05) is 11.3 Å². The fourth-order valence-electron chi connectivity index (χ4n) is 1.64. The van der Waals surface area contributed by atoms with Crippen LogP contribution in [0.4, 0.5) is 0 Å². The number of hydrogen-bond acceptors (Lipinski definition) is 2. The van der Waals surface area contributed by atoms with Gasteiger partial charge < -0.3 is 4.74 Å². The van der Waals surface area contributed by atoms with E-state index in [1.807, 2.05) is 42.5 Å². The van der Waals surface area contributed by atoms with E-state index in [-0.39, 0.29) is 0 Å². The van der Waals surface area contributed by atoms with Crippen molar-refractivity contribution >= 4 is 11.8 Å². The van der Waals surface area contributed by atoms with E-state index in [2.05, 4.69) is 31.4 Å². The van der Waals surface area contributed by atoms with E-state index in [1.54, 1.807) is 11.8 Å². The van der Waals surface area contributed by atoms with Gasteiger partial charge in [-0.05, 0) is 37.5 Å². The Morgan fingerprint density at radius 3 is 2.42 bits per heavy atom. The van der Waals surface area contributed by atoms with Crippen molar-refractivity contribution in [2.75, 3.05) is 0 Å². The Hall–Kier alpha value is -1.67. The first-order chi connectivity index (χ1) is 9.25. The zero-order valence-electron chi connectivity index (χ0n) is 11.3. The van der Waals surface area contributed by atoms with E-state index in [4.69, 9.17) is 4.74 Å². The average molecular weight is 270 g/mol. The van der Waals surface area contributed by atoms with Gasteiger partial charge in [-0.3, -0.25) is 0 Å². The van der Waals surface area contributed by atoms with Crippen molar-refractivity contribution < 1.29 is 4.74 Å². The second-order valence-corrected chi connectivity index (χ2v) is 5.39. The third-order valence-electron chi connectivity index (χ3n) is 2.50. The largest absolute Gasteiger partial charge is 0.457 e. The van der Waals surface area contributed by atoms with Crippen molar-refractivity contribution in [3.63, 3.8) is 0 Å². The zero-order valence-corrected chi connectivity index (χ0v) is 12.1. The highest BCUT2D eigenvalue weighted by molar-refractivity contribution is 8.01. The molecule has 2 aromatic carbocycles. The number of thioether (sulfide) groups is 1. The minimum Gasteiger partial charge on any atom is -0.457 e. The van der Waals surface area contributed by atoms with Crippen LogP contribution in [-0.2, 0) is 5.75 Å². The van der Waals surface area contributed by atoms with Crippen molar-refractivity contribution in [2.45, 2.75) is 19.6 Å². The molecule has 0 N–H and O–H groups in total. The van der Waals surface area contributed by atoms with E-state index in [9.17, 15) is 0 Å². The molecule has 0 radical (unpaired) electrons. The van der Waals surface area contributed by atoms with Crippen LogP contribution in [0.25, 0.3) is 0 Å². The fourth-order valence-corrected chi connectivity index (χ4v) is 2.47. The molecule has 2 heteroatoms. The molecule has 0 aromatic heterocycles. The molecule has 2 rings (SSSR count). The van der Waals surface area contributed by atoms with Gasteiger partial charge in [-0.25, -0.2) is 0 Å². The lowest BCUT2D eigenvalue weighted by Gasteiger charge is -2.10. The van der Waals surface area contributed by atoms with Gasteiger partial charge in [0.25, 0.3) is 0 Å². The first-order valence-electron chi connectivity index (χ1n) is 6.31. The average Bonchev–Trinajstić information content (AvgIpc) is 2.41. The summed E-state index contributed by atoms with van der Waals surface area (Å²) in [6.45, 7) is 4.22. The Kier molecular flexibility index (Phi) is 5.10. The second-order valence-electron chi connectivity index (χ2n) is 4.53. The van der Waals surface area contributed by atoms with Crippen LogP contribution in [0.2, 0.25) is 0 Å². The van der Waals surface area contributed by atoms with E-state index < -0.39 is 0 Å². The predicted molar refractivity (Wildman–Crippen MR) is 83.7 cm³/mol. The number of ether oxygens (including phenoxy) is 1. The first-order valence-corrected chi connectivity index (χ1v) is 7.36. The highest BCUT2D eigenvalue weighted by atomic mass is 32.2. The van der Waals surface area contributed by atoms with Gasteiger partial charge in [0.15, 0.2) is 0 Å². The summed E-state index contributed by atoms with van der Waals surface area (Å²) < 4.78 is 5.93.